The Morgan fingerprint density at radius 1 is 1.50 bits per heavy atom. The maximum Gasteiger partial charge on any atom is 0.291 e. The molecule has 3 rings (SSSR count). The number of nitrogens with one attached hydrogen (secondary N) is 1. The summed E-state index contributed by atoms with van der Waals surface area (Å²) in [5.74, 6) is 0.635. The molecule has 2 aliphatic rings. The number of hydrogen-bond donors (Lipinski definition) is 1. The Kier molecular flexibility index (Phi) is 4.12. The monoisotopic (exact) mass is 340 g/mol. The maximum absolute atomic E-state index is 12.7. The van der Waals surface area contributed by atoms with E-state index in [2.05, 4.69) is 38.2 Å². The van der Waals surface area contributed by atoms with E-state index in [0.717, 1.165) is 36.3 Å². The first-order chi connectivity index (χ1) is 9.65. The van der Waals surface area contributed by atoms with Gasteiger partial charge < -0.3 is 10.2 Å². The molecule has 1 saturated carbocycles. The van der Waals surface area contributed by atoms with Gasteiger partial charge in [0.25, 0.3) is 5.56 Å². The van der Waals surface area contributed by atoms with Crippen molar-refractivity contribution in [3.05, 3.63) is 21.0 Å². The fourth-order valence-corrected chi connectivity index (χ4v) is 3.44. The van der Waals surface area contributed by atoms with Crippen molar-refractivity contribution in [3.8, 4) is 0 Å². The van der Waals surface area contributed by atoms with E-state index >= 15 is 0 Å². The zero-order valence-electron chi connectivity index (χ0n) is 11.8. The van der Waals surface area contributed by atoms with E-state index in [4.69, 9.17) is 0 Å². The Labute approximate surface area is 127 Å². The van der Waals surface area contributed by atoms with Crippen LogP contribution in [0.3, 0.4) is 0 Å². The molecule has 0 radical (unpaired) electrons. The molecule has 0 bridgehead atoms. The first-order valence-electron chi connectivity index (χ1n) is 7.39. The van der Waals surface area contributed by atoms with Crippen molar-refractivity contribution < 1.29 is 0 Å². The highest BCUT2D eigenvalue weighted by atomic mass is 79.9. The second-order valence-electron chi connectivity index (χ2n) is 5.93. The fraction of sp³-hybridized carbons (Fsp3) is 0.714. The van der Waals surface area contributed by atoms with Gasteiger partial charge in [0.15, 0.2) is 0 Å². The maximum atomic E-state index is 12.7. The van der Waals surface area contributed by atoms with Gasteiger partial charge in [-0.25, -0.2) is 4.68 Å². The Morgan fingerprint density at radius 2 is 2.30 bits per heavy atom. The van der Waals surface area contributed by atoms with Gasteiger partial charge in [0.1, 0.15) is 5.69 Å². The summed E-state index contributed by atoms with van der Waals surface area (Å²) < 4.78 is 2.46. The molecule has 110 valence electrons. The highest BCUT2D eigenvalue weighted by molar-refractivity contribution is 9.10. The molecular weight excluding hydrogens is 320 g/mol. The van der Waals surface area contributed by atoms with Gasteiger partial charge >= 0.3 is 0 Å². The molecule has 2 heterocycles. The van der Waals surface area contributed by atoms with Crippen LogP contribution in [0.2, 0.25) is 0 Å². The van der Waals surface area contributed by atoms with Crippen molar-refractivity contribution in [2.75, 3.05) is 24.5 Å². The lowest BCUT2D eigenvalue weighted by molar-refractivity contribution is 0.261. The van der Waals surface area contributed by atoms with Crippen molar-refractivity contribution in [1.82, 2.24) is 15.1 Å². The summed E-state index contributed by atoms with van der Waals surface area (Å²) >= 11 is 3.50. The molecular formula is C14H21BrN4O. The molecule has 1 unspecified atom stereocenters. The van der Waals surface area contributed by atoms with Crippen LogP contribution in [0.25, 0.3) is 0 Å². The van der Waals surface area contributed by atoms with Crippen molar-refractivity contribution in [3.63, 3.8) is 0 Å². The van der Waals surface area contributed by atoms with Gasteiger partial charge in [0.2, 0.25) is 0 Å². The number of rotatable bonds is 3. The minimum absolute atomic E-state index is 0.0420. The molecule has 6 heteroatoms. The predicted molar refractivity (Wildman–Crippen MR) is 83.2 cm³/mol. The molecule has 0 aromatic carbocycles. The first-order valence-corrected chi connectivity index (χ1v) is 8.18. The molecule has 1 atom stereocenters. The van der Waals surface area contributed by atoms with Gasteiger partial charge in [-0.2, -0.15) is 5.10 Å². The van der Waals surface area contributed by atoms with Crippen LogP contribution in [-0.2, 0) is 6.54 Å². The summed E-state index contributed by atoms with van der Waals surface area (Å²) in [5, 5.41) is 7.69. The van der Waals surface area contributed by atoms with E-state index in [1.165, 1.54) is 19.3 Å². The topological polar surface area (TPSA) is 50.2 Å². The molecule has 5 nitrogen and oxygen atoms in total. The standard InChI is InChI=1S/C14H21BrN4O/c1-10-8-18(6-5-16-10)13-12(15)7-17-19(14(13)20)9-11-3-2-4-11/h7,10-11,16H,2-6,8-9H2,1H3. The third kappa shape index (κ3) is 2.76. The second-order valence-corrected chi connectivity index (χ2v) is 6.78. The van der Waals surface area contributed by atoms with Gasteiger partial charge in [-0.1, -0.05) is 6.42 Å². The van der Waals surface area contributed by atoms with Crippen LogP contribution in [-0.4, -0.2) is 35.5 Å². The normalized spacial score (nSPS) is 23.7. The van der Waals surface area contributed by atoms with Crippen LogP contribution in [0.5, 0.6) is 0 Å². The molecule has 20 heavy (non-hydrogen) atoms. The van der Waals surface area contributed by atoms with Gasteiger partial charge in [-0.3, -0.25) is 4.79 Å². The zero-order chi connectivity index (χ0) is 14.1. The summed E-state index contributed by atoms with van der Waals surface area (Å²) in [6.45, 7) is 5.56. The van der Waals surface area contributed by atoms with Crippen LogP contribution in [0.4, 0.5) is 5.69 Å². The van der Waals surface area contributed by atoms with E-state index in [1.807, 2.05) is 0 Å². The summed E-state index contributed by atoms with van der Waals surface area (Å²) in [7, 11) is 0. The SMILES string of the molecule is CC1CN(c2c(Br)cnn(CC3CCC3)c2=O)CCN1. The fourth-order valence-electron chi connectivity index (χ4n) is 2.93. The summed E-state index contributed by atoms with van der Waals surface area (Å²) in [6.07, 6.45) is 5.51. The van der Waals surface area contributed by atoms with E-state index in [0.29, 0.717) is 12.0 Å². The summed E-state index contributed by atoms with van der Waals surface area (Å²) in [6, 6.07) is 0.406. The molecule has 1 aliphatic heterocycles. The molecule has 1 aromatic rings. The van der Waals surface area contributed by atoms with Gasteiger partial charge in [-0.15, -0.1) is 0 Å². The lowest BCUT2D eigenvalue weighted by Crippen LogP contribution is -2.51. The van der Waals surface area contributed by atoms with Crippen LogP contribution < -0.4 is 15.8 Å². The largest absolute Gasteiger partial charge is 0.363 e. The molecule has 1 saturated heterocycles. The molecule has 1 aromatic heterocycles. The number of hydrogen-bond acceptors (Lipinski definition) is 4. The first kappa shape index (κ1) is 14.1. The Bertz CT molecular complexity index is 540. The number of aromatic nitrogens is 2. The average Bonchev–Trinajstić information content (AvgIpc) is 2.36. The number of anilines is 1. The van der Waals surface area contributed by atoms with Crippen molar-refractivity contribution in [2.24, 2.45) is 5.92 Å². The highest BCUT2D eigenvalue weighted by Gasteiger charge is 2.24. The Morgan fingerprint density at radius 3 is 2.95 bits per heavy atom. The average molecular weight is 341 g/mol. The lowest BCUT2D eigenvalue weighted by Gasteiger charge is -2.34. The van der Waals surface area contributed by atoms with Crippen LogP contribution >= 0.6 is 15.9 Å². The predicted octanol–water partition coefficient (Wildman–Crippen LogP) is 1.60. The second kappa shape index (κ2) is 5.85. The minimum Gasteiger partial charge on any atom is -0.363 e. The van der Waals surface area contributed by atoms with E-state index in [9.17, 15) is 4.79 Å². The van der Waals surface area contributed by atoms with Crippen LogP contribution in [0, 0.1) is 5.92 Å². The Hall–Kier alpha value is -0.880. The van der Waals surface area contributed by atoms with E-state index in [1.54, 1.807) is 10.9 Å². The van der Waals surface area contributed by atoms with Crippen LogP contribution in [0.15, 0.2) is 15.5 Å². The minimum atomic E-state index is 0.0420. The quantitative estimate of drug-likeness (QED) is 0.908. The van der Waals surface area contributed by atoms with Gasteiger partial charge in [-0.05, 0) is 41.6 Å². The zero-order valence-corrected chi connectivity index (χ0v) is 13.4. The molecule has 0 amide bonds. The highest BCUT2D eigenvalue weighted by Crippen LogP contribution is 2.28. The molecule has 2 fully saturated rings. The van der Waals surface area contributed by atoms with Crippen LogP contribution in [0.1, 0.15) is 26.2 Å². The van der Waals surface area contributed by atoms with E-state index in [-0.39, 0.29) is 5.56 Å². The van der Waals surface area contributed by atoms with Crippen molar-refractivity contribution >= 4 is 21.6 Å². The lowest BCUT2D eigenvalue weighted by atomic mass is 9.85. The molecule has 1 N–H and O–H groups in total. The third-order valence-electron chi connectivity index (χ3n) is 4.31. The van der Waals surface area contributed by atoms with Gasteiger partial charge in [0, 0.05) is 32.2 Å². The van der Waals surface area contributed by atoms with E-state index < -0.39 is 0 Å². The smallest absolute Gasteiger partial charge is 0.291 e. The number of nitrogens with zero attached hydrogens (tertiary/aromatic N) is 3. The molecule has 1 aliphatic carbocycles. The Balaban J connectivity index is 1.88. The van der Waals surface area contributed by atoms with Crippen molar-refractivity contribution in [1.29, 1.82) is 0 Å². The number of halogens is 1. The third-order valence-corrected chi connectivity index (χ3v) is 4.89. The summed E-state index contributed by atoms with van der Waals surface area (Å²) in [5.41, 5.74) is 0.813. The van der Waals surface area contributed by atoms with Crippen molar-refractivity contribution in [2.45, 2.75) is 38.8 Å². The number of piperazine rings is 1. The molecule has 0 spiro atoms. The summed E-state index contributed by atoms with van der Waals surface area (Å²) in [4.78, 5) is 14.9. The van der Waals surface area contributed by atoms with Gasteiger partial charge in [0.05, 0.1) is 10.7 Å².